The summed E-state index contributed by atoms with van der Waals surface area (Å²) in [5.41, 5.74) is 7.36. The molecule has 34 heavy (non-hydrogen) atoms. The van der Waals surface area contributed by atoms with Crippen molar-refractivity contribution in [3.8, 4) is 17.2 Å². The van der Waals surface area contributed by atoms with Crippen molar-refractivity contribution in [1.29, 1.82) is 5.26 Å². The van der Waals surface area contributed by atoms with Crippen LogP contribution in [-0.4, -0.2) is 28.4 Å². The summed E-state index contributed by atoms with van der Waals surface area (Å²) in [5, 5.41) is 9.52. The molecule has 8 heteroatoms. The molecular formula is C26H25F3N4O. The van der Waals surface area contributed by atoms with Gasteiger partial charge in [-0.3, -0.25) is 14.7 Å². The Balaban J connectivity index is 2.20. The van der Waals surface area contributed by atoms with Gasteiger partial charge >= 0.3 is 0 Å². The van der Waals surface area contributed by atoms with Gasteiger partial charge in [0.15, 0.2) is 0 Å². The maximum atomic E-state index is 15.0. The van der Waals surface area contributed by atoms with E-state index in [4.69, 9.17) is 5.73 Å². The molecule has 1 heterocycles. The molecule has 176 valence electrons. The van der Waals surface area contributed by atoms with Crippen LogP contribution in [-0.2, 0) is 4.79 Å². The summed E-state index contributed by atoms with van der Waals surface area (Å²) >= 11 is 0. The first kappa shape index (κ1) is 24.9. The van der Waals surface area contributed by atoms with Gasteiger partial charge in [0, 0.05) is 30.1 Å². The van der Waals surface area contributed by atoms with Crippen molar-refractivity contribution in [1.82, 2.24) is 9.88 Å². The molecule has 3 rings (SSSR count). The zero-order chi connectivity index (χ0) is 24.8. The lowest BCUT2D eigenvalue weighted by molar-refractivity contribution is -0.124. The fourth-order valence-electron chi connectivity index (χ4n) is 4.07. The molecule has 3 aromatic rings. The molecule has 0 aliphatic carbocycles. The molecule has 0 saturated carbocycles. The van der Waals surface area contributed by atoms with E-state index in [0.29, 0.717) is 17.7 Å². The number of rotatable bonds is 9. The second-order valence-corrected chi connectivity index (χ2v) is 8.42. The number of hydrogen-bond acceptors (Lipinski definition) is 4. The topological polar surface area (TPSA) is 83.0 Å². The Morgan fingerprint density at radius 2 is 1.59 bits per heavy atom. The summed E-state index contributed by atoms with van der Waals surface area (Å²) in [6.45, 7) is 3.42. The number of aromatic nitrogens is 1. The molecule has 0 aliphatic heterocycles. The van der Waals surface area contributed by atoms with Crippen LogP contribution in [0.5, 0.6) is 0 Å². The van der Waals surface area contributed by atoms with E-state index in [2.05, 4.69) is 4.98 Å². The summed E-state index contributed by atoms with van der Waals surface area (Å²) < 4.78 is 43.7. The number of primary amides is 1. The molecule has 1 unspecified atom stereocenters. The van der Waals surface area contributed by atoms with Gasteiger partial charge in [-0.15, -0.1) is 0 Å². The van der Waals surface area contributed by atoms with Crippen LogP contribution < -0.4 is 5.73 Å². The molecule has 0 saturated heterocycles. The highest BCUT2D eigenvalue weighted by Gasteiger charge is 2.36. The molecular weight excluding hydrogens is 441 g/mol. The third-order valence-electron chi connectivity index (χ3n) is 5.57. The summed E-state index contributed by atoms with van der Waals surface area (Å²) in [5.74, 6) is -4.00. The van der Waals surface area contributed by atoms with Crippen LogP contribution in [0.2, 0.25) is 0 Å². The predicted molar refractivity (Wildman–Crippen MR) is 123 cm³/mol. The molecule has 2 aromatic carbocycles. The average Bonchev–Trinajstić information content (AvgIpc) is 2.79. The molecule has 0 spiro atoms. The van der Waals surface area contributed by atoms with Gasteiger partial charge in [-0.1, -0.05) is 38.1 Å². The van der Waals surface area contributed by atoms with E-state index in [-0.39, 0.29) is 18.9 Å². The van der Waals surface area contributed by atoms with E-state index >= 15 is 8.78 Å². The fraction of sp³-hybridized carbons (Fsp3) is 0.269. The first-order chi connectivity index (χ1) is 16.2. The number of carbonyl (C=O) groups is 1. The maximum absolute atomic E-state index is 15.0. The van der Waals surface area contributed by atoms with Crippen molar-refractivity contribution < 1.29 is 18.0 Å². The number of nitrogens with two attached hydrogens (primary N) is 1. The number of amides is 1. The highest BCUT2D eigenvalue weighted by molar-refractivity contribution is 5.80. The Morgan fingerprint density at radius 1 is 1.03 bits per heavy atom. The number of pyridine rings is 1. The van der Waals surface area contributed by atoms with Crippen LogP contribution >= 0.6 is 0 Å². The van der Waals surface area contributed by atoms with Gasteiger partial charge in [-0.05, 0) is 41.2 Å². The minimum Gasteiger partial charge on any atom is -0.368 e. The monoisotopic (exact) mass is 466 g/mol. The number of nitriles is 1. The number of hydrogen-bond donors (Lipinski definition) is 1. The molecule has 2 atom stereocenters. The Kier molecular flexibility index (Phi) is 8.03. The van der Waals surface area contributed by atoms with Gasteiger partial charge in [0.25, 0.3) is 0 Å². The predicted octanol–water partition coefficient (Wildman–Crippen LogP) is 4.98. The molecule has 0 aliphatic rings. The van der Waals surface area contributed by atoms with Crippen LogP contribution in [0.15, 0.2) is 60.9 Å². The SMILES string of the molecule is CC(C)C[C@@H](C(N)=O)N(CC#N)C(c1ccc(-c2ccncc2)cc1)c1c(F)cc(F)cc1F. The Bertz CT molecular complexity index is 1150. The first-order valence-electron chi connectivity index (χ1n) is 10.8. The second-order valence-electron chi connectivity index (χ2n) is 8.42. The molecule has 1 aromatic heterocycles. The van der Waals surface area contributed by atoms with Crippen LogP contribution in [0.25, 0.3) is 11.1 Å². The summed E-state index contributed by atoms with van der Waals surface area (Å²) in [6, 6.07) is 11.5. The quantitative estimate of drug-likeness (QED) is 0.451. The van der Waals surface area contributed by atoms with Crippen molar-refractivity contribution >= 4 is 5.91 Å². The second kappa shape index (κ2) is 10.9. The highest BCUT2D eigenvalue weighted by atomic mass is 19.1. The van der Waals surface area contributed by atoms with E-state index in [1.54, 1.807) is 36.7 Å². The molecule has 0 fully saturated rings. The zero-order valence-corrected chi connectivity index (χ0v) is 18.9. The molecule has 0 bridgehead atoms. The standard InChI is InChI=1S/C26H25F3N4O/c1-16(2)13-23(26(31)34)33(12-9-30)25(24-21(28)14-20(27)15-22(24)29)19-5-3-17(4-6-19)18-7-10-32-11-8-18/h3-8,10-11,14-16,23,25H,12-13H2,1-2H3,(H2,31,34)/t23-,25?/m0/s1. The van der Waals surface area contributed by atoms with E-state index < -0.39 is 41.0 Å². The van der Waals surface area contributed by atoms with Crippen molar-refractivity contribution in [3.05, 3.63) is 89.5 Å². The fourth-order valence-corrected chi connectivity index (χ4v) is 4.07. The Hall–Kier alpha value is -3.70. The molecule has 5 nitrogen and oxygen atoms in total. The normalized spacial score (nSPS) is 13.0. The summed E-state index contributed by atoms with van der Waals surface area (Å²) in [7, 11) is 0. The van der Waals surface area contributed by atoms with Crippen molar-refractivity contribution in [2.75, 3.05) is 6.54 Å². The lowest BCUT2D eigenvalue weighted by atomic mass is 9.91. The van der Waals surface area contributed by atoms with E-state index in [1.165, 1.54) is 4.90 Å². The van der Waals surface area contributed by atoms with E-state index in [9.17, 15) is 14.4 Å². The van der Waals surface area contributed by atoms with Gasteiger partial charge in [0.05, 0.1) is 24.7 Å². The lowest BCUT2D eigenvalue weighted by Crippen LogP contribution is -2.48. The minimum absolute atomic E-state index is 0.0105. The average molecular weight is 467 g/mol. The van der Waals surface area contributed by atoms with E-state index in [1.807, 2.05) is 32.0 Å². The third kappa shape index (κ3) is 5.61. The maximum Gasteiger partial charge on any atom is 0.234 e. The van der Waals surface area contributed by atoms with Gasteiger partial charge in [0.2, 0.25) is 5.91 Å². The Labute approximate surface area is 196 Å². The van der Waals surface area contributed by atoms with Crippen molar-refractivity contribution in [3.63, 3.8) is 0 Å². The number of nitrogens with zero attached hydrogens (tertiary/aromatic N) is 3. The number of carbonyl (C=O) groups excluding carboxylic acids is 1. The lowest BCUT2D eigenvalue weighted by Gasteiger charge is -2.36. The largest absolute Gasteiger partial charge is 0.368 e. The minimum atomic E-state index is -1.19. The molecule has 2 N–H and O–H groups in total. The van der Waals surface area contributed by atoms with Crippen LogP contribution in [0, 0.1) is 34.7 Å². The van der Waals surface area contributed by atoms with Crippen molar-refractivity contribution in [2.24, 2.45) is 11.7 Å². The van der Waals surface area contributed by atoms with Gasteiger partial charge in [-0.2, -0.15) is 5.26 Å². The first-order valence-corrected chi connectivity index (χ1v) is 10.8. The van der Waals surface area contributed by atoms with Crippen molar-refractivity contribution in [2.45, 2.75) is 32.4 Å². The number of halogens is 3. The smallest absolute Gasteiger partial charge is 0.234 e. The summed E-state index contributed by atoms with van der Waals surface area (Å²) in [4.78, 5) is 17.8. The summed E-state index contributed by atoms with van der Waals surface area (Å²) in [6.07, 6.45) is 3.56. The van der Waals surface area contributed by atoms with Crippen LogP contribution in [0.1, 0.15) is 37.4 Å². The Morgan fingerprint density at radius 3 is 2.09 bits per heavy atom. The van der Waals surface area contributed by atoms with Crippen LogP contribution in [0.4, 0.5) is 13.2 Å². The highest BCUT2D eigenvalue weighted by Crippen LogP contribution is 2.36. The van der Waals surface area contributed by atoms with Gasteiger partial charge in [0.1, 0.15) is 17.5 Å². The van der Waals surface area contributed by atoms with Gasteiger partial charge < -0.3 is 5.73 Å². The number of benzene rings is 2. The van der Waals surface area contributed by atoms with Crippen LogP contribution in [0.3, 0.4) is 0 Å². The molecule has 0 radical (unpaired) electrons. The van der Waals surface area contributed by atoms with Gasteiger partial charge in [-0.25, -0.2) is 13.2 Å². The zero-order valence-electron chi connectivity index (χ0n) is 18.9. The third-order valence-corrected chi connectivity index (χ3v) is 5.57. The molecule has 1 amide bonds. The van der Waals surface area contributed by atoms with E-state index in [0.717, 1.165) is 11.1 Å².